The third kappa shape index (κ3) is 7.88. The van der Waals surface area contributed by atoms with Crippen LogP contribution < -0.4 is 5.32 Å². The molecule has 0 aliphatic heterocycles. The molecular formula is C15H31NO3. The number of methoxy groups -OCH3 is 1. The number of nitrogens with one attached hydrogen (secondary N) is 1. The van der Waals surface area contributed by atoms with Crippen LogP contribution in [0, 0.1) is 11.8 Å². The predicted molar refractivity (Wildman–Crippen MR) is 77.3 cm³/mol. The number of rotatable bonds is 9. The standard InChI is InChI=1S/C15H31NO3/c1-12-4-6-14(7-5-12)8-16-9-15(17)11-19-13(2)10-18-3/h12-17H,4-11H2,1-3H3. The number of aliphatic hydroxyl groups is 1. The molecule has 0 bridgehead atoms. The van der Waals surface area contributed by atoms with Gasteiger partial charge in [-0.1, -0.05) is 19.8 Å². The molecule has 0 aromatic rings. The lowest BCUT2D eigenvalue weighted by molar-refractivity contribution is -0.0312. The molecule has 0 radical (unpaired) electrons. The Morgan fingerprint density at radius 3 is 2.53 bits per heavy atom. The van der Waals surface area contributed by atoms with Crippen LogP contribution in [0.15, 0.2) is 0 Å². The van der Waals surface area contributed by atoms with Crippen molar-refractivity contribution in [1.82, 2.24) is 5.32 Å². The van der Waals surface area contributed by atoms with Crippen LogP contribution >= 0.6 is 0 Å². The highest BCUT2D eigenvalue weighted by atomic mass is 16.5. The van der Waals surface area contributed by atoms with Crippen LogP contribution in [-0.4, -0.2) is 50.7 Å². The van der Waals surface area contributed by atoms with Gasteiger partial charge in [-0.05, 0) is 38.1 Å². The highest BCUT2D eigenvalue weighted by Gasteiger charge is 2.18. The van der Waals surface area contributed by atoms with Gasteiger partial charge in [-0.15, -0.1) is 0 Å². The Bertz CT molecular complexity index is 217. The zero-order chi connectivity index (χ0) is 14.1. The van der Waals surface area contributed by atoms with Gasteiger partial charge in [0.1, 0.15) is 0 Å². The van der Waals surface area contributed by atoms with Crippen molar-refractivity contribution in [2.24, 2.45) is 11.8 Å². The summed E-state index contributed by atoms with van der Waals surface area (Å²) in [6, 6.07) is 0. The average Bonchev–Trinajstić information content (AvgIpc) is 2.39. The fourth-order valence-corrected chi connectivity index (χ4v) is 2.60. The molecule has 2 atom stereocenters. The smallest absolute Gasteiger partial charge is 0.0897 e. The van der Waals surface area contributed by atoms with E-state index in [9.17, 15) is 5.11 Å². The second-order valence-corrected chi connectivity index (χ2v) is 6.04. The average molecular weight is 273 g/mol. The van der Waals surface area contributed by atoms with E-state index in [-0.39, 0.29) is 6.10 Å². The van der Waals surface area contributed by atoms with Crippen LogP contribution in [0.2, 0.25) is 0 Å². The fraction of sp³-hybridized carbons (Fsp3) is 1.00. The van der Waals surface area contributed by atoms with Gasteiger partial charge in [0.05, 0.1) is 25.4 Å². The maximum Gasteiger partial charge on any atom is 0.0897 e. The molecule has 1 saturated carbocycles. The second kappa shape index (κ2) is 9.70. The summed E-state index contributed by atoms with van der Waals surface area (Å²) >= 11 is 0. The molecule has 19 heavy (non-hydrogen) atoms. The Balaban J connectivity index is 1.99. The molecule has 4 heteroatoms. The molecule has 0 aromatic heterocycles. The minimum absolute atomic E-state index is 0.0412. The van der Waals surface area contributed by atoms with Gasteiger partial charge in [0, 0.05) is 13.7 Å². The largest absolute Gasteiger partial charge is 0.389 e. The second-order valence-electron chi connectivity index (χ2n) is 6.04. The minimum Gasteiger partial charge on any atom is -0.389 e. The van der Waals surface area contributed by atoms with Gasteiger partial charge in [-0.25, -0.2) is 0 Å². The summed E-state index contributed by atoms with van der Waals surface area (Å²) in [5.41, 5.74) is 0. The summed E-state index contributed by atoms with van der Waals surface area (Å²) < 4.78 is 10.5. The Morgan fingerprint density at radius 1 is 1.21 bits per heavy atom. The maximum absolute atomic E-state index is 9.81. The number of hydrogen-bond donors (Lipinski definition) is 2. The normalized spacial score (nSPS) is 27.2. The third-order valence-electron chi connectivity index (χ3n) is 3.92. The van der Waals surface area contributed by atoms with Crippen LogP contribution in [-0.2, 0) is 9.47 Å². The molecule has 0 amide bonds. The van der Waals surface area contributed by atoms with E-state index in [1.165, 1.54) is 25.7 Å². The maximum atomic E-state index is 9.81. The van der Waals surface area contributed by atoms with Gasteiger partial charge in [0.15, 0.2) is 0 Å². The Labute approximate surface area is 117 Å². The van der Waals surface area contributed by atoms with Crippen molar-refractivity contribution in [1.29, 1.82) is 0 Å². The topological polar surface area (TPSA) is 50.7 Å². The molecule has 0 aromatic carbocycles. The molecule has 1 fully saturated rings. The monoisotopic (exact) mass is 273 g/mol. The Hall–Kier alpha value is -0.160. The van der Waals surface area contributed by atoms with Crippen LogP contribution in [0.5, 0.6) is 0 Å². The quantitative estimate of drug-likeness (QED) is 0.673. The number of ether oxygens (including phenoxy) is 2. The van der Waals surface area contributed by atoms with Gasteiger partial charge in [-0.3, -0.25) is 0 Å². The lowest BCUT2D eigenvalue weighted by Gasteiger charge is -2.26. The van der Waals surface area contributed by atoms with E-state index in [2.05, 4.69) is 12.2 Å². The first-order valence-electron chi connectivity index (χ1n) is 7.61. The number of aliphatic hydroxyl groups excluding tert-OH is 1. The van der Waals surface area contributed by atoms with E-state index in [0.717, 1.165) is 18.4 Å². The van der Waals surface area contributed by atoms with Crippen molar-refractivity contribution in [2.45, 2.75) is 51.7 Å². The van der Waals surface area contributed by atoms with Crippen molar-refractivity contribution in [3.63, 3.8) is 0 Å². The van der Waals surface area contributed by atoms with Gasteiger partial charge >= 0.3 is 0 Å². The van der Waals surface area contributed by atoms with E-state index in [1.807, 2.05) is 6.92 Å². The van der Waals surface area contributed by atoms with Crippen LogP contribution in [0.3, 0.4) is 0 Å². The zero-order valence-corrected chi connectivity index (χ0v) is 12.7. The van der Waals surface area contributed by atoms with E-state index in [4.69, 9.17) is 9.47 Å². The Kier molecular flexibility index (Phi) is 8.62. The molecule has 1 aliphatic carbocycles. The van der Waals surface area contributed by atoms with Crippen LogP contribution in [0.25, 0.3) is 0 Å². The molecule has 1 rings (SSSR count). The summed E-state index contributed by atoms with van der Waals surface area (Å²) in [5.74, 6) is 1.69. The molecule has 2 unspecified atom stereocenters. The van der Waals surface area contributed by atoms with Crippen molar-refractivity contribution >= 4 is 0 Å². The van der Waals surface area contributed by atoms with Crippen molar-refractivity contribution in [3.05, 3.63) is 0 Å². The Morgan fingerprint density at radius 2 is 1.89 bits per heavy atom. The fourth-order valence-electron chi connectivity index (χ4n) is 2.60. The van der Waals surface area contributed by atoms with E-state index in [1.54, 1.807) is 7.11 Å². The van der Waals surface area contributed by atoms with Crippen LogP contribution in [0.4, 0.5) is 0 Å². The lowest BCUT2D eigenvalue weighted by Crippen LogP contribution is -2.35. The first-order chi connectivity index (χ1) is 9.11. The molecule has 1 aliphatic rings. The van der Waals surface area contributed by atoms with E-state index >= 15 is 0 Å². The summed E-state index contributed by atoms with van der Waals surface area (Å²) in [5, 5.41) is 13.2. The van der Waals surface area contributed by atoms with Gasteiger partial charge in [0.2, 0.25) is 0 Å². The summed E-state index contributed by atoms with van der Waals surface area (Å²) in [6.45, 7) is 6.88. The lowest BCUT2D eigenvalue weighted by atomic mass is 9.83. The molecule has 4 nitrogen and oxygen atoms in total. The summed E-state index contributed by atoms with van der Waals surface area (Å²) in [4.78, 5) is 0. The van der Waals surface area contributed by atoms with Crippen LogP contribution in [0.1, 0.15) is 39.5 Å². The summed E-state index contributed by atoms with van der Waals surface area (Å²) in [6.07, 6.45) is 4.97. The van der Waals surface area contributed by atoms with Gasteiger partial charge in [0.25, 0.3) is 0 Å². The molecule has 0 spiro atoms. The van der Waals surface area contributed by atoms with Crippen molar-refractivity contribution in [2.75, 3.05) is 33.4 Å². The van der Waals surface area contributed by atoms with Gasteiger partial charge < -0.3 is 19.9 Å². The SMILES string of the molecule is COCC(C)OCC(O)CNCC1CCC(C)CC1. The first-order valence-corrected chi connectivity index (χ1v) is 7.61. The third-order valence-corrected chi connectivity index (χ3v) is 3.92. The zero-order valence-electron chi connectivity index (χ0n) is 12.7. The molecule has 114 valence electrons. The van der Waals surface area contributed by atoms with Gasteiger partial charge in [-0.2, -0.15) is 0 Å². The summed E-state index contributed by atoms with van der Waals surface area (Å²) in [7, 11) is 1.66. The molecule has 0 heterocycles. The van der Waals surface area contributed by atoms with Crippen molar-refractivity contribution in [3.8, 4) is 0 Å². The first kappa shape index (κ1) is 16.9. The number of hydrogen-bond acceptors (Lipinski definition) is 4. The predicted octanol–water partition coefficient (Wildman–Crippen LogP) is 1.81. The van der Waals surface area contributed by atoms with E-state index in [0.29, 0.717) is 19.8 Å². The minimum atomic E-state index is -0.429. The molecule has 0 saturated heterocycles. The van der Waals surface area contributed by atoms with Crippen molar-refractivity contribution < 1.29 is 14.6 Å². The highest BCUT2D eigenvalue weighted by molar-refractivity contribution is 4.72. The molecule has 2 N–H and O–H groups in total. The highest BCUT2D eigenvalue weighted by Crippen LogP contribution is 2.27. The van der Waals surface area contributed by atoms with E-state index < -0.39 is 6.10 Å². The molecular weight excluding hydrogens is 242 g/mol.